The highest BCUT2D eigenvalue weighted by Gasteiger charge is 2.30. The molecule has 0 saturated carbocycles. The molecule has 28 heavy (non-hydrogen) atoms. The molecule has 7 heteroatoms. The third-order valence-corrected chi connectivity index (χ3v) is 5.23. The SMILES string of the molecule is COCCn1nnnc1[C@@H](c1ccccc1)N1CCN(c2ccccc2)CC1. The number of nitrogens with zero attached hydrogens (tertiary/aromatic N) is 6. The van der Waals surface area contributed by atoms with E-state index in [0.717, 1.165) is 32.0 Å². The van der Waals surface area contributed by atoms with Crippen LogP contribution in [-0.2, 0) is 11.3 Å². The maximum atomic E-state index is 5.23. The van der Waals surface area contributed by atoms with Crippen LogP contribution in [0, 0.1) is 0 Å². The van der Waals surface area contributed by atoms with Crippen molar-refractivity contribution in [3.63, 3.8) is 0 Å². The number of anilines is 1. The van der Waals surface area contributed by atoms with Gasteiger partial charge in [-0.25, -0.2) is 4.68 Å². The molecule has 1 saturated heterocycles. The molecule has 1 fully saturated rings. The summed E-state index contributed by atoms with van der Waals surface area (Å²) in [5.74, 6) is 0.872. The number of ether oxygens (including phenoxy) is 1. The largest absolute Gasteiger partial charge is 0.383 e. The first-order valence-electron chi connectivity index (χ1n) is 9.71. The number of methoxy groups -OCH3 is 1. The van der Waals surface area contributed by atoms with Crippen molar-refractivity contribution in [1.82, 2.24) is 25.1 Å². The van der Waals surface area contributed by atoms with Crippen molar-refractivity contribution in [2.75, 3.05) is 44.8 Å². The molecule has 0 amide bonds. The zero-order valence-corrected chi connectivity index (χ0v) is 16.2. The summed E-state index contributed by atoms with van der Waals surface area (Å²) in [6, 6.07) is 21.1. The zero-order chi connectivity index (χ0) is 19.2. The minimum Gasteiger partial charge on any atom is -0.383 e. The lowest BCUT2D eigenvalue weighted by Crippen LogP contribution is -2.48. The van der Waals surface area contributed by atoms with Gasteiger partial charge in [-0.1, -0.05) is 48.5 Å². The van der Waals surface area contributed by atoms with Gasteiger partial charge in [-0.05, 0) is 28.1 Å². The van der Waals surface area contributed by atoms with Crippen LogP contribution in [0.4, 0.5) is 5.69 Å². The van der Waals surface area contributed by atoms with E-state index in [1.54, 1.807) is 7.11 Å². The maximum absolute atomic E-state index is 5.23. The molecule has 0 spiro atoms. The van der Waals surface area contributed by atoms with Crippen LogP contribution in [0.5, 0.6) is 0 Å². The van der Waals surface area contributed by atoms with Gasteiger partial charge in [-0.2, -0.15) is 0 Å². The predicted octanol–water partition coefficient (Wildman–Crippen LogP) is 2.23. The highest BCUT2D eigenvalue weighted by molar-refractivity contribution is 5.46. The fourth-order valence-electron chi connectivity index (χ4n) is 3.78. The average molecular weight is 378 g/mol. The number of rotatable bonds is 7. The van der Waals surface area contributed by atoms with Gasteiger partial charge in [-0.3, -0.25) is 4.90 Å². The summed E-state index contributed by atoms with van der Waals surface area (Å²) in [5.41, 5.74) is 2.49. The first kappa shape index (κ1) is 18.6. The van der Waals surface area contributed by atoms with Crippen molar-refractivity contribution in [1.29, 1.82) is 0 Å². The first-order chi connectivity index (χ1) is 13.9. The summed E-state index contributed by atoms with van der Waals surface area (Å²) in [6.45, 7) is 5.09. The van der Waals surface area contributed by atoms with Gasteiger partial charge in [-0.15, -0.1) is 5.10 Å². The quantitative estimate of drug-likeness (QED) is 0.628. The Hall–Kier alpha value is -2.77. The Bertz CT molecular complexity index is 846. The Morgan fingerprint density at radius 1 is 0.929 bits per heavy atom. The van der Waals surface area contributed by atoms with E-state index < -0.39 is 0 Å². The smallest absolute Gasteiger partial charge is 0.173 e. The zero-order valence-electron chi connectivity index (χ0n) is 16.2. The minimum atomic E-state index is 0.0333. The first-order valence-corrected chi connectivity index (χ1v) is 9.71. The maximum Gasteiger partial charge on any atom is 0.173 e. The predicted molar refractivity (Wildman–Crippen MR) is 108 cm³/mol. The monoisotopic (exact) mass is 378 g/mol. The van der Waals surface area contributed by atoms with Crippen molar-refractivity contribution in [3.8, 4) is 0 Å². The molecule has 2 heterocycles. The van der Waals surface area contributed by atoms with Gasteiger partial charge in [0, 0.05) is 39.0 Å². The normalized spacial score (nSPS) is 16.2. The Labute approximate surface area is 165 Å². The van der Waals surface area contributed by atoms with Crippen LogP contribution >= 0.6 is 0 Å². The summed E-state index contributed by atoms with van der Waals surface area (Å²) in [4.78, 5) is 4.91. The van der Waals surface area contributed by atoms with Crippen molar-refractivity contribution < 1.29 is 4.74 Å². The number of tetrazole rings is 1. The molecule has 0 N–H and O–H groups in total. The van der Waals surface area contributed by atoms with Crippen molar-refractivity contribution in [2.45, 2.75) is 12.6 Å². The lowest BCUT2D eigenvalue weighted by atomic mass is 10.0. The second-order valence-corrected chi connectivity index (χ2v) is 6.92. The molecule has 2 aromatic carbocycles. The summed E-state index contributed by atoms with van der Waals surface area (Å²) >= 11 is 0. The number of aromatic nitrogens is 4. The van der Waals surface area contributed by atoms with E-state index in [9.17, 15) is 0 Å². The molecule has 1 aliphatic heterocycles. The molecule has 3 aromatic rings. The number of benzene rings is 2. The van der Waals surface area contributed by atoms with E-state index in [0.29, 0.717) is 13.2 Å². The Kier molecular flexibility index (Phi) is 5.94. The molecular formula is C21H26N6O. The van der Waals surface area contributed by atoms with Gasteiger partial charge >= 0.3 is 0 Å². The fourth-order valence-corrected chi connectivity index (χ4v) is 3.78. The van der Waals surface area contributed by atoms with E-state index in [-0.39, 0.29) is 6.04 Å². The van der Waals surface area contributed by atoms with Crippen LogP contribution in [0.3, 0.4) is 0 Å². The molecule has 0 unspecified atom stereocenters. The fraction of sp³-hybridized carbons (Fsp3) is 0.381. The molecule has 146 valence electrons. The third-order valence-electron chi connectivity index (χ3n) is 5.23. The van der Waals surface area contributed by atoms with Gasteiger partial charge in [0.1, 0.15) is 0 Å². The Morgan fingerprint density at radius 3 is 2.29 bits per heavy atom. The number of piperazine rings is 1. The van der Waals surface area contributed by atoms with Crippen LogP contribution in [0.25, 0.3) is 0 Å². The molecular weight excluding hydrogens is 352 g/mol. The van der Waals surface area contributed by atoms with Crippen molar-refractivity contribution in [2.24, 2.45) is 0 Å². The van der Waals surface area contributed by atoms with Crippen LogP contribution in [0.2, 0.25) is 0 Å². The van der Waals surface area contributed by atoms with E-state index in [4.69, 9.17) is 4.74 Å². The lowest BCUT2D eigenvalue weighted by molar-refractivity contribution is 0.172. The molecule has 4 rings (SSSR count). The molecule has 7 nitrogen and oxygen atoms in total. The van der Waals surface area contributed by atoms with Crippen LogP contribution in [0.15, 0.2) is 60.7 Å². The summed E-state index contributed by atoms with van der Waals surface area (Å²) < 4.78 is 7.09. The summed E-state index contributed by atoms with van der Waals surface area (Å²) in [6.07, 6.45) is 0. The molecule has 1 atom stereocenters. The number of hydrogen-bond acceptors (Lipinski definition) is 6. The topological polar surface area (TPSA) is 59.3 Å². The van der Waals surface area contributed by atoms with E-state index >= 15 is 0 Å². The molecule has 1 aromatic heterocycles. The minimum absolute atomic E-state index is 0.0333. The van der Waals surface area contributed by atoms with Crippen LogP contribution < -0.4 is 4.90 Å². The summed E-state index contributed by atoms with van der Waals surface area (Å²) in [5, 5.41) is 12.5. The third kappa shape index (κ3) is 4.05. The highest BCUT2D eigenvalue weighted by Crippen LogP contribution is 2.28. The number of para-hydroxylation sites is 1. The van der Waals surface area contributed by atoms with E-state index in [2.05, 4.69) is 79.9 Å². The molecule has 0 aliphatic carbocycles. The second kappa shape index (κ2) is 8.95. The summed E-state index contributed by atoms with van der Waals surface area (Å²) in [7, 11) is 1.70. The molecule has 1 aliphatic rings. The Morgan fingerprint density at radius 2 is 1.61 bits per heavy atom. The van der Waals surface area contributed by atoms with Gasteiger partial charge < -0.3 is 9.64 Å². The average Bonchev–Trinajstić information content (AvgIpc) is 3.22. The van der Waals surface area contributed by atoms with Crippen molar-refractivity contribution >= 4 is 5.69 Å². The van der Waals surface area contributed by atoms with E-state index in [1.807, 2.05) is 10.7 Å². The standard InChI is InChI=1S/C21H26N6O/c1-28-17-16-27-21(22-23-24-27)20(18-8-4-2-5-9-18)26-14-12-25(13-15-26)19-10-6-3-7-11-19/h2-11,20H,12-17H2,1H3/t20-/m1/s1. The van der Waals surface area contributed by atoms with Gasteiger partial charge in [0.15, 0.2) is 5.82 Å². The van der Waals surface area contributed by atoms with Crippen molar-refractivity contribution in [3.05, 3.63) is 72.1 Å². The Balaban J connectivity index is 1.57. The van der Waals surface area contributed by atoms with Crippen LogP contribution in [0.1, 0.15) is 17.4 Å². The lowest BCUT2D eigenvalue weighted by Gasteiger charge is -2.39. The molecule has 0 bridgehead atoms. The van der Waals surface area contributed by atoms with Gasteiger partial charge in [0.05, 0.1) is 19.2 Å². The van der Waals surface area contributed by atoms with Gasteiger partial charge in [0.25, 0.3) is 0 Å². The second-order valence-electron chi connectivity index (χ2n) is 6.92. The highest BCUT2D eigenvalue weighted by atomic mass is 16.5. The molecule has 0 radical (unpaired) electrons. The van der Waals surface area contributed by atoms with Gasteiger partial charge in [0.2, 0.25) is 0 Å². The van der Waals surface area contributed by atoms with Crippen LogP contribution in [-0.4, -0.2) is 65.0 Å². The van der Waals surface area contributed by atoms with E-state index in [1.165, 1.54) is 11.3 Å². The number of hydrogen-bond donors (Lipinski definition) is 0.